The van der Waals surface area contributed by atoms with E-state index < -0.39 is 0 Å². The van der Waals surface area contributed by atoms with Crippen molar-refractivity contribution in [2.75, 3.05) is 14.2 Å². The minimum absolute atomic E-state index is 0.255. The topological polar surface area (TPSA) is 47.9 Å². The average Bonchev–Trinajstić information content (AvgIpc) is 3.15. The number of nitrogens with zero attached hydrogens (tertiary/aromatic N) is 1. The van der Waals surface area contributed by atoms with Gasteiger partial charge in [0.25, 0.3) is 0 Å². The second-order valence-electron chi connectivity index (χ2n) is 3.89. The van der Waals surface area contributed by atoms with Gasteiger partial charge in [0.15, 0.2) is 6.04 Å². The number of carbonyl (C=O) groups excluding carboxylic acids is 1. The Hall–Kier alpha value is -1.84. The van der Waals surface area contributed by atoms with Crippen molar-refractivity contribution in [3.63, 3.8) is 0 Å². The molecule has 0 amide bonds. The van der Waals surface area contributed by atoms with Crippen molar-refractivity contribution in [3.05, 3.63) is 29.8 Å². The molecular formula is C13H15NO3. The number of carbonyl (C=O) groups is 1. The van der Waals surface area contributed by atoms with Gasteiger partial charge >= 0.3 is 5.97 Å². The molecule has 1 unspecified atom stereocenters. The molecule has 1 aliphatic heterocycles. The van der Waals surface area contributed by atoms with Gasteiger partial charge in [0.1, 0.15) is 5.75 Å². The Labute approximate surface area is 100 Å². The zero-order chi connectivity index (χ0) is 12.3. The highest BCUT2D eigenvalue weighted by Crippen LogP contribution is 2.19. The molecule has 17 heavy (non-hydrogen) atoms. The molecule has 1 aromatic rings. The van der Waals surface area contributed by atoms with Crippen LogP contribution in [-0.2, 0) is 16.0 Å². The second-order valence-corrected chi connectivity index (χ2v) is 3.89. The van der Waals surface area contributed by atoms with Crippen molar-refractivity contribution >= 4 is 11.7 Å². The number of rotatable bonds is 5. The number of esters is 1. The minimum Gasteiger partial charge on any atom is -0.497 e. The molecule has 0 N–H and O–H groups in total. The van der Waals surface area contributed by atoms with E-state index in [0.29, 0.717) is 0 Å². The van der Waals surface area contributed by atoms with Crippen LogP contribution in [0, 0.1) is 0 Å². The van der Waals surface area contributed by atoms with Gasteiger partial charge in [-0.25, -0.2) is 4.79 Å². The summed E-state index contributed by atoms with van der Waals surface area (Å²) in [5.41, 5.74) is 2.15. The lowest BCUT2D eigenvalue weighted by atomic mass is 10.1. The van der Waals surface area contributed by atoms with E-state index in [1.165, 1.54) is 12.7 Å². The predicted molar refractivity (Wildman–Crippen MR) is 64.6 cm³/mol. The minimum atomic E-state index is -0.307. The highest BCUT2D eigenvalue weighted by Gasteiger charge is 2.34. The second kappa shape index (κ2) is 4.99. The van der Waals surface area contributed by atoms with Crippen LogP contribution in [0.2, 0.25) is 0 Å². The zero-order valence-corrected chi connectivity index (χ0v) is 9.97. The summed E-state index contributed by atoms with van der Waals surface area (Å²) in [4.78, 5) is 15.2. The van der Waals surface area contributed by atoms with E-state index >= 15 is 0 Å². The normalized spacial score (nSPS) is 17.3. The number of benzene rings is 1. The predicted octanol–water partition coefficient (Wildman–Crippen LogP) is 1.62. The van der Waals surface area contributed by atoms with Crippen molar-refractivity contribution < 1.29 is 14.3 Å². The number of ether oxygens (including phenoxy) is 2. The van der Waals surface area contributed by atoms with E-state index in [-0.39, 0.29) is 12.0 Å². The third kappa shape index (κ3) is 2.84. The van der Waals surface area contributed by atoms with Gasteiger partial charge in [0.2, 0.25) is 0 Å². The summed E-state index contributed by atoms with van der Waals surface area (Å²) in [5.74, 6) is 0.597. The monoisotopic (exact) mass is 233 g/mol. The first-order chi connectivity index (χ1) is 8.24. The van der Waals surface area contributed by atoms with E-state index in [4.69, 9.17) is 4.74 Å². The first-order valence-corrected chi connectivity index (χ1v) is 5.52. The van der Waals surface area contributed by atoms with Crippen LogP contribution < -0.4 is 4.74 Å². The van der Waals surface area contributed by atoms with Gasteiger partial charge in [-0.2, -0.15) is 0 Å². The molecule has 0 spiro atoms. The van der Waals surface area contributed by atoms with Crippen molar-refractivity contribution in [2.24, 2.45) is 4.99 Å². The molecule has 1 heterocycles. The summed E-state index contributed by atoms with van der Waals surface area (Å²) < 4.78 is 9.70. The van der Waals surface area contributed by atoms with E-state index in [0.717, 1.165) is 24.3 Å². The molecule has 0 saturated heterocycles. The summed E-state index contributed by atoms with van der Waals surface area (Å²) in [6, 6.07) is 7.60. The van der Waals surface area contributed by atoms with E-state index in [2.05, 4.69) is 9.73 Å². The Balaban J connectivity index is 1.79. The molecule has 90 valence electrons. The number of aliphatic imine (C=N–C) groups is 1. The number of hydrogen-bond donors (Lipinski definition) is 0. The van der Waals surface area contributed by atoms with Gasteiger partial charge in [-0.3, -0.25) is 4.99 Å². The van der Waals surface area contributed by atoms with E-state index in [9.17, 15) is 4.79 Å². The SMILES string of the molecule is COC(=O)C1N=C1CCc1ccc(OC)cc1. The largest absolute Gasteiger partial charge is 0.497 e. The van der Waals surface area contributed by atoms with Crippen molar-refractivity contribution in [2.45, 2.75) is 18.9 Å². The summed E-state index contributed by atoms with van der Waals surface area (Å²) >= 11 is 0. The van der Waals surface area contributed by atoms with Crippen LogP contribution in [0.4, 0.5) is 0 Å². The molecule has 0 bridgehead atoms. The summed E-state index contributed by atoms with van der Waals surface area (Å²) in [7, 11) is 3.03. The maximum atomic E-state index is 11.1. The number of aryl methyl sites for hydroxylation is 1. The number of methoxy groups -OCH3 is 2. The third-order valence-electron chi connectivity index (χ3n) is 2.80. The van der Waals surface area contributed by atoms with Crippen LogP contribution in [0.15, 0.2) is 29.3 Å². The molecule has 4 nitrogen and oxygen atoms in total. The van der Waals surface area contributed by atoms with Crippen LogP contribution in [0.5, 0.6) is 5.75 Å². The molecule has 0 radical (unpaired) electrons. The molecule has 0 fully saturated rings. The maximum absolute atomic E-state index is 11.1. The maximum Gasteiger partial charge on any atom is 0.336 e. The van der Waals surface area contributed by atoms with Gasteiger partial charge < -0.3 is 9.47 Å². The fraction of sp³-hybridized carbons (Fsp3) is 0.385. The smallest absolute Gasteiger partial charge is 0.336 e. The Morgan fingerprint density at radius 3 is 2.53 bits per heavy atom. The summed E-state index contributed by atoms with van der Waals surface area (Å²) in [6.07, 6.45) is 1.70. The summed E-state index contributed by atoms with van der Waals surface area (Å²) in [6.45, 7) is 0. The molecule has 2 rings (SSSR count). The fourth-order valence-electron chi connectivity index (χ4n) is 1.69. The molecule has 0 aromatic heterocycles. The Morgan fingerprint density at radius 1 is 1.24 bits per heavy atom. The van der Waals surface area contributed by atoms with Crippen molar-refractivity contribution in [3.8, 4) is 5.75 Å². The van der Waals surface area contributed by atoms with Crippen LogP contribution >= 0.6 is 0 Å². The van der Waals surface area contributed by atoms with E-state index in [1.54, 1.807) is 7.11 Å². The lowest BCUT2D eigenvalue weighted by Crippen LogP contribution is -2.14. The van der Waals surface area contributed by atoms with Gasteiger partial charge in [0.05, 0.1) is 19.9 Å². The molecule has 1 aromatic carbocycles. The van der Waals surface area contributed by atoms with E-state index in [1.807, 2.05) is 24.3 Å². The summed E-state index contributed by atoms with van der Waals surface area (Å²) in [5, 5.41) is 0. The quantitative estimate of drug-likeness (QED) is 0.726. The number of hydrogen-bond acceptors (Lipinski definition) is 4. The van der Waals surface area contributed by atoms with Crippen molar-refractivity contribution in [1.29, 1.82) is 0 Å². The van der Waals surface area contributed by atoms with Crippen LogP contribution in [0.1, 0.15) is 12.0 Å². The third-order valence-corrected chi connectivity index (χ3v) is 2.80. The average molecular weight is 233 g/mol. The lowest BCUT2D eigenvalue weighted by molar-refractivity contribution is -0.139. The Kier molecular flexibility index (Phi) is 3.42. The standard InChI is InChI=1S/C13H15NO3/c1-16-10-6-3-9(4-7-10)5-8-11-12(14-11)13(15)17-2/h3-4,6-7,12H,5,8H2,1-2H3. The van der Waals surface area contributed by atoms with Crippen LogP contribution in [0.25, 0.3) is 0 Å². The zero-order valence-electron chi connectivity index (χ0n) is 9.97. The first-order valence-electron chi connectivity index (χ1n) is 5.52. The lowest BCUT2D eigenvalue weighted by Gasteiger charge is -2.01. The first kappa shape index (κ1) is 11.6. The Bertz CT molecular complexity index is 436. The van der Waals surface area contributed by atoms with Gasteiger partial charge in [-0.15, -0.1) is 0 Å². The molecular weight excluding hydrogens is 218 g/mol. The molecule has 4 heteroatoms. The fourth-order valence-corrected chi connectivity index (χ4v) is 1.69. The van der Waals surface area contributed by atoms with Gasteiger partial charge in [-0.05, 0) is 30.5 Å². The van der Waals surface area contributed by atoms with Crippen LogP contribution in [0.3, 0.4) is 0 Å². The highest BCUT2D eigenvalue weighted by atomic mass is 16.5. The molecule has 1 aliphatic rings. The van der Waals surface area contributed by atoms with Gasteiger partial charge in [-0.1, -0.05) is 12.1 Å². The highest BCUT2D eigenvalue weighted by molar-refractivity contribution is 6.16. The van der Waals surface area contributed by atoms with Crippen molar-refractivity contribution in [1.82, 2.24) is 0 Å². The molecule has 0 aliphatic carbocycles. The Morgan fingerprint density at radius 2 is 1.94 bits per heavy atom. The van der Waals surface area contributed by atoms with Crippen LogP contribution in [-0.4, -0.2) is 31.9 Å². The molecule has 0 saturated carbocycles. The molecule has 1 atom stereocenters. The van der Waals surface area contributed by atoms with Gasteiger partial charge in [0, 0.05) is 0 Å².